The van der Waals surface area contributed by atoms with Gasteiger partial charge in [-0.15, -0.1) is 0 Å². The summed E-state index contributed by atoms with van der Waals surface area (Å²) in [6.45, 7) is 7.85. The van der Waals surface area contributed by atoms with E-state index in [9.17, 15) is 23.1 Å². The van der Waals surface area contributed by atoms with Gasteiger partial charge in [-0.25, -0.2) is 4.79 Å². The molecule has 11 heteroatoms. The number of aromatic nitrogens is 1. The van der Waals surface area contributed by atoms with Gasteiger partial charge >= 0.3 is 12.3 Å². The van der Waals surface area contributed by atoms with Crippen LogP contribution >= 0.6 is 0 Å². The van der Waals surface area contributed by atoms with Crippen molar-refractivity contribution in [3.05, 3.63) is 54.0 Å². The summed E-state index contributed by atoms with van der Waals surface area (Å²) in [6.07, 6.45) is -0.0849. The Kier molecular flexibility index (Phi) is 7.78. The molecule has 40 heavy (non-hydrogen) atoms. The average molecular weight is 560 g/mol. The van der Waals surface area contributed by atoms with Crippen LogP contribution in [0.25, 0.3) is 22.0 Å². The van der Waals surface area contributed by atoms with Crippen LogP contribution in [0.15, 0.2) is 42.9 Å². The molecule has 0 bridgehead atoms. The van der Waals surface area contributed by atoms with E-state index < -0.39 is 29.2 Å². The summed E-state index contributed by atoms with van der Waals surface area (Å²) in [5.41, 5.74) is -0.373. The first-order valence-corrected chi connectivity index (χ1v) is 12.7. The summed E-state index contributed by atoms with van der Waals surface area (Å²) < 4.78 is 58.9. The topological polar surface area (TPSA) is 84.4 Å². The largest absolute Gasteiger partial charge is 0.507 e. The third kappa shape index (κ3) is 5.45. The van der Waals surface area contributed by atoms with Crippen molar-refractivity contribution in [1.29, 1.82) is 0 Å². The molecule has 0 saturated heterocycles. The van der Waals surface area contributed by atoms with Gasteiger partial charge in [0.05, 0.1) is 42.6 Å². The molecular formula is C29H32F3N3O5. The van der Waals surface area contributed by atoms with Crippen LogP contribution in [0.1, 0.15) is 38.8 Å². The fourth-order valence-corrected chi connectivity index (χ4v) is 4.81. The maximum Gasteiger partial charge on any atom is 0.417 e. The second-order valence-corrected chi connectivity index (χ2v) is 10.2. The number of carbonyl (C=O) groups excluding carboxylic acids is 1. The third-order valence-corrected chi connectivity index (χ3v) is 6.47. The molecule has 2 heterocycles. The Morgan fingerprint density at radius 3 is 2.38 bits per heavy atom. The Labute approximate surface area is 230 Å². The lowest BCUT2D eigenvalue weighted by molar-refractivity contribution is -0.137. The zero-order valence-corrected chi connectivity index (χ0v) is 23.2. The highest BCUT2D eigenvalue weighted by molar-refractivity contribution is 6.04. The molecule has 214 valence electrons. The van der Waals surface area contributed by atoms with Crippen molar-refractivity contribution < 1.29 is 37.3 Å². The number of hydrogen-bond donors (Lipinski definition) is 1. The number of alkyl halides is 3. The lowest BCUT2D eigenvalue weighted by Crippen LogP contribution is -2.41. The first-order chi connectivity index (χ1) is 18.8. The van der Waals surface area contributed by atoms with Crippen LogP contribution in [0.5, 0.6) is 17.2 Å². The third-order valence-electron chi connectivity index (χ3n) is 6.47. The number of carbonyl (C=O) groups is 1. The zero-order valence-electron chi connectivity index (χ0n) is 23.2. The minimum absolute atomic E-state index is 0.172. The van der Waals surface area contributed by atoms with Gasteiger partial charge in [0.25, 0.3) is 0 Å². The molecule has 1 aliphatic heterocycles. The number of ether oxygens (including phenoxy) is 3. The molecule has 0 unspecified atom stereocenters. The van der Waals surface area contributed by atoms with Gasteiger partial charge in [0.1, 0.15) is 17.1 Å². The molecule has 0 aliphatic carbocycles. The minimum atomic E-state index is -4.70. The highest BCUT2D eigenvalue weighted by atomic mass is 19.4. The summed E-state index contributed by atoms with van der Waals surface area (Å²) in [4.78, 5) is 20.4. The standard InChI is InChI=1S/C29H32F3N3O5/c1-7-17-18(23-19(29(30,31)32)9-8-10-21(23)36)15-20-24(26(17)39-6)25(22(38-5)16-33-20)34-11-13-35(14-12-34)27(37)40-28(2,3)4/h8-11,13,15-16,36H,7,12,14H2,1-6H3. The van der Waals surface area contributed by atoms with Crippen molar-refractivity contribution in [3.63, 3.8) is 0 Å². The van der Waals surface area contributed by atoms with Gasteiger partial charge in [0, 0.05) is 36.6 Å². The number of pyridine rings is 1. The van der Waals surface area contributed by atoms with Gasteiger partial charge < -0.3 is 24.2 Å². The van der Waals surface area contributed by atoms with E-state index in [0.717, 1.165) is 12.1 Å². The number of phenolic OH excluding ortho intramolecular Hbond substituents is 1. The summed E-state index contributed by atoms with van der Waals surface area (Å²) in [5.74, 6) is 0.228. The Morgan fingerprint density at radius 1 is 1.10 bits per heavy atom. The smallest absolute Gasteiger partial charge is 0.417 e. The molecule has 0 saturated carbocycles. The highest BCUT2D eigenvalue weighted by Crippen LogP contribution is 2.49. The number of hydrogen-bond acceptors (Lipinski definition) is 7. The van der Waals surface area contributed by atoms with Gasteiger partial charge in [-0.2, -0.15) is 13.2 Å². The Balaban J connectivity index is 1.93. The van der Waals surface area contributed by atoms with E-state index in [-0.39, 0.29) is 11.1 Å². The molecule has 1 N–H and O–H groups in total. The highest BCUT2D eigenvalue weighted by Gasteiger charge is 2.36. The van der Waals surface area contributed by atoms with E-state index in [4.69, 9.17) is 14.2 Å². The molecular weight excluding hydrogens is 527 g/mol. The summed E-state index contributed by atoms with van der Waals surface area (Å²) in [5, 5.41) is 11.1. The van der Waals surface area contributed by atoms with Gasteiger partial charge in [-0.3, -0.25) is 9.88 Å². The van der Waals surface area contributed by atoms with Crippen LogP contribution in [0.4, 0.5) is 23.7 Å². The molecule has 0 atom stereocenters. The Bertz CT molecular complexity index is 1460. The van der Waals surface area contributed by atoms with Crippen LogP contribution in [-0.2, 0) is 17.3 Å². The lowest BCUT2D eigenvalue weighted by atomic mass is 9.90. The predicted octanol–water partition coefficient (Wildman–Crippen LogP) is 6.73. The lowest BCUT2D eigenvalue weighted by Gasteiger charge is -2.33. The number of benzene rings is 2. The van der Waals surface area contributed by atoms with Crippen LogP contribution < -0.4 is 14.4 Å². The van der Waals surface area contributed by atoms with Crippen molar-refractivity contribution in [1.82, 2.24) is 9.88 Å². The van der Waals surface area contributed by atoms with E-state index in [1.165, 1.54) is 37.4 Å². The summed E-state index contributed by atoms with van der Waals surface area (Å²) >= 11 is 0. The first-order valence-electron chi connectivity index (χ1n) is 12.7. The molecule has 1 amide bonds. The van der Waals surface area contributed by atoms with E-state index in [1.54, 1.807) is 40.1 Å². The van der Waals surface area contributed by atoms with Crippen molar-refractivity contribution in [2.45, 2.75) is 45.9 Å². The molecule has 1 aliphatic rings. The molecule has 4 rings (SSSR count). The zero-order chi connectivity index (χ0) is 29.4. The molecule has 1 aromatic heterocycles. The van der Waals surface area contributed by atoms with Gasteiger partial charge in [0.15, 0.2) is 5.75 Å². The number of halogens is 3. The van der Waals surface area contributed by atoms with Crippen molar-refractivity contribution in [3.8, 4) is 28.4 Å². The molecule has 0 spiro atoms. The number of aromatic hydroxyl groups is 1. The second-order valence-electron chi connectivity index (χ2n) is 10.2. The number of rotatable bonds is 5. The van der Waals surface area contributed by atoms with E-state index in [2.05, 4.69) is 4.98 Å². The van der Waals surface area contributed by atoms with Crippen LogP contribution in [-0.4, -0.2) is 54.0 Å². The maximum absolute atomic E-state index is 14.0. The van der Waals surface area contributed by atoms with Crippen LogP contribution in [0.3, 0.4) is 0 Å². The maximum atomic E-state index is 14.0. The summed E-state index contributed by atoms with van der Waals surface area (Å²) in [7, 11) is 2.93. The van der Waals surface area contributed by atoms with Crippen LogP contribution in [0.2, 0.25) is 0 Å². The fraction of sp³-hybridized carbons (Fsp3) is 0.379. The number of anilines is 1. The van der Waals surface area contributed by atoms with E-state index in [1.807, 2.05) is 4.90 Å². The Morgan fingerprint density at radius 2 is 1.82 bits per heavy atom. The monoisotopic (exact) mass is 559 g/mol. The van der Waals surface area contributed by atoms with E-state index in [0.29, 0.717) is 53.2 Å². The van der Waals surface area contributed by atoms with Crippen LogP contribution in [0, 0.1) is 0 Å². The van der Waals surface area contributed by atoms with Gasteiger partial charge in [0.2, 0.25) is 0 Å². The summed E-state index contributed by atoms with van der Waals surface area (Å²) in [6, 6.07) is 4.86. The second kappa shape index (κ2) is 10.8. The number of fused-ring (bicyclic) bond motifs is 1. The molecule has 2 aromatic carbocycles. The number of phenols is 1. The first kappa shape index (κ1) is 28.8. The average Bonchev–Trinajstić information content (AvgIpc) is 2.89. The van der Waals surface area contributed by atoms with Crippen molar-refractivity contribution in [2.75, 3.05) is 32.2 Å². The molecule has 8 nitrogen and oxygen atoms in total. The predicted molar refractivity (Wildman–Crippen MR) is 146 cm³/mol. The molecule has 3 aromatic rings. The fourth-order valence-electron chi connectivity index (χ4n) is 4.81. The number of amides is 1. The van der Waals surface area contributed by atoms with Gasteiger partial charge in [-0.1, -0.05) is 13.0 Å². The Hall–Kier alpha value is -4.15. The molecule has 0 radical (unpaired) electrons. The normalized spacial score (nSPS) is 14.0. The number of methoxy groups -OCH3 is 2. The molecule has 0 fully saturated rings. The van der Waals surface area contributed by atoms with Crippen molar-refractivity contribution >= 4 is 22.7 Å². The van der Waals surface area contributed by atoms with E-state index >= 15 is 0 Å². The minimum Gasteiger partial charge on any atom is -0.507 e. The quantitative estimate of drug-likeness (QED) is 0.371. The number of nitrogens with zero attached hydrogens (tertiary/aromatic N) is 3. The SMILES string of the molecule is CCc1c(-c2c(O)cccc2C(F)(F)F)cc2ncc(OC)c(N3C=CN(C(=O)OC(C)(C)C)CC3)c2c1OC. The van der Waals surface area contributed by atoms with Crippen molar-refractivity contribution in [2.24, 2.45) is 0 Å². The van der Waals surface area contributed by atoms with Gasteiger partial charge in [-0.05, 0) is 51.0 Å².